The molecule has 0 saturated heterocycles. The molecule has 17 nitrogen and oxygen atoms in total. The van der Waals surface area contributed by atoms with Crippen LogP contribution in [0.15, 0.2) is 158 Å². The predicted octanol–water partition coefficient (Wildman–Crippen LogP) is 22.4. The van der Waals surface area contributed by atoms with Crippen molar-refractivity contribution in [1.29, 1.82) is 0 Å². The van der Waals surface area contributed by atoms with Gasteiger partial charge in [-0.3, -0.25) is 37.3 Å². The van der Waals surface area contributed by atoms with Gasteiger partial charge < -0.3 is 33.8 Å². The minimum absolute atomic E-state index is 0.0267. The van der Waals surface area contributed by atoms with Gasteiger partial charge in [-0.1, -0.05) is 301 Å². The highest BCUT2D eigenvalue weighted by Crippen LogP contribution is 2.45. The van der Waals surface area contributed by atoms with E-state index in [0.29, 0.717) is 32.1 Å². The van der Waals surface area contributed by atoms with E-state index in [2.05, 4.69) is 143 Å². The molecule has 0 spiro atoms. The van der Waals surface area contributed by atoms with Crippen molar-refractivity contribution in [3.05, 3.63) is 158 Å². The van der Waals surface area contributed by atoms with Gasteiger partial charge in [-0.05, 0) is 116 Å². The topological polar surface area (TPSA) is 237 Å². The Labute approximate surface area is 617 Å². The lowest BCUT2D eigenvalue weighted by Crippen LogP contribution is -2.30. The molecule has 3 N–H and O–H groups in total. The van der Waals surface area contributed by atoms with Crippen LogP contribution in [0.3, 0.4) is 0 Å². The van der Waals surface area contributed by atoms with E-state index in [1.54, 1.807) is 6.08 Å². The third-order valence-electron chi connectivity index (χ3n) is 15.5. The molecule has 0 heterocycles. The number of allylic oxidation sites excluding steroid dienone is 25. The standard InChI is InChI=1S/C83H136O17P2/c1-5-9-13-17-21-25-29-33-36-37-38-39-42-45-48-52-56-60-64-68-81(86)94-73-78(99-82(87)69-65-61-57-53-49-43-32-28-24-20-16-12-8-4)75-97-101(89,90)95-71-77(84)72-96-102(91,92)98-76-79(100-83(88)70-66-62-58-54-50-46-41-35-31-27-23-19-15-11-7-3)74-93-80(85)67-63-59-55-51-47-44-40-34-30-26-22-18-14-10-6-2/h9-10,13-14,16,20-22,25-26,28,32-34,36,38-40,45,47-48,51,56,59-60,63,77-79,84H,5-8,11-12,15,17-19,23-24,27,29-31,35,37,41-44,46,49-50,52-55,57-58,61-62,64-76H2,1-4H3,(H,89,90)(H,91,92)/b13-9-,14-10-,20-16-,25-21-,26-22-,32-28-,36-33-,39-38-,40-34-,48-45-,51-47-,60-56-,63-59-. The summed E-state index contributed by atoms with van der Waals surface area (Å²) in [6.07, 6.45) is 85.7. The summed E-state index contributed by atoms with van der Waals surface area (Å²) in [4.78, 5) is 72.8. The molecule has 0 aromatic rings. The Morgan fingerprint density at radius 1 is 0.294 bits per heavy atom. The summed E-state index contributed by atoms with van der Waals surface area (Å²) in [7, 11) is -10.0. The van der Waals surface area contributed by atoms with E-state index in [-0.39, 0.29) is 25.7 Å². The highest BCUT2D eigenvalue weighted by Gasteiger charge is 2.30. The fourth-order valence-corrected chi connectivity index (χ4v) is 11.3. The SMILES string of the molecule is CC/C=C\C/C=C\C/C=C\C/C=C\C/C=C\C/C=C\CCC(=O)OCC(COP(=O)(O)OCC(O)COP(=O)(O)OCC(COC(=O)C/C=C\C/C=C\C/C=C\C/C=C\C/C=C\CC)OC(=O)CCCCCCCCCCCCCCCCC)OC(=O)CCCCCCC/C=C\C/C=C\CCC. The zero-order chi connectivity index (χ0) is 74.6. The molecule has 0 radical (unpaired) electrons. The summed E-state index contributed by atoms with van der Waals surface area (Å²) < 4.78 is 68.3. The first-order valence-electron chi connectivity index (χ1n) is 38.7. The van der Waals surface area contributed by atoms with Gasteiger partial charge in [0.25, 0.3) is 0 Å². The molecule has 19 heteroatoms. The number of carbonyl (C=O) groups is 4. The zero-order valence-corrected chi connectivity index (χ0v) is 65.0. The largest absolute Gasteiger partial charge is 0.472 e. The van der Waals surface area contributed by atoms with Crippen molar-refractivity contribution in [2.24, 2.45) is 0 Å². The third kappa shape index (κ3) is 73.0. The lowest BCUT2D eigenvalue weighted by Gasteiger charge is -2.21. The molecule has 102 heavy (non-hydrogen) atoms. The van der Waals surface area contributed by atoms with Crippen LogP contribution in [0, 0.1) is 0 Å². The van der Waals surface area contributed by atoms with E-state index >= 15 is 0 Å². The second kappa shape index (κ2) is 74.0. The summed E-state index contributed by atoms with van der Waals surface area (Å²) in [6, 6.07) is 0. The molecule has 0 aliphatic carbocycles. The minimum Gasteiger partial charge on any atom is -0.462 e. The minimum atomic E-state index is -5.01. The van der Waals surface area contributed by atoms with Crippen molar-refractivity contribution in [2.75, 3.05) is 39.6 Å². The number of rotatable bonds is 71. The van der Waals surface area contributed by atoms with Gasteiger partial charge in [0, 0.05) is 19.3 Å². The highest BCUT2D eigenvalue weighted by molar-refractivity contribution is 7.47. The van der Waals surface area contributed by atoms with Crippen LogP contribution in [0.2, 0.25) is 0 Å². The van der Waals surface area contributed by atoms with Gasteiger partial charge in [-0.25, -0.2) is 9.13 Å². The molecule has 0 aliphatic heterocycles. The van der Waals surface area contributed by atoms with Crippen molar-refractivity contribution < 1.29 is 80.2 Å². The average molecular weight is 1470 g/mol. The quantitative estimate of drug-likeness (QED) is 0.0169. The van der Waals surface area contributed by atoms with E-state index in [0.717, 1.165) is 135 Å². The molecule has 5 atom stereocenters. The lowest BCUT2D eigenvalue weighted by molar-refractivity contribution is -0.161. The number of unbranched alkanes of at least 4 members (excludes halogenated alkanes) is 20. The van der Waals surface area contributed by atoms with Gasteiger partial charge in [0.15, 0.2) is 12.2 Å². The molecule has 0 aliphatic rings. The smallest absolute Gasteiger partial charge is 0.462 e. The monoisotopic (exact) mass is 1470 g/mol. The van der Waals surface area contributed by atoms with E-state index < -0.39 is 97.5 Å². The number of phosphoric acid groups is 2. The first kappa shape index (κ1) is 96.7. The van der Waals surface area contributed by atoms with Crippen LogP contribution < -0.4 is 0 Å². The number of hydrogen-bond acceptors (Lipinski definition) is 15. The zero-order valence-electron chi connectivity index (χ0n) is 63.2. The number of aliphatic hydroxyl groups is 1. The van der Waals surface area contributed by atoms with Gasteiger partial charge in [-0.15, -0.1) is 0 Å². The van der Waals surface area contributed by atoms with Gasteiger partial charge in [0.05, 0.1) is 32.8 Å². The summed E-state index contributed by atoms with van der Waals surface area (Å²) in [5.74, 6) is -2.44. The Morgan fingerprint density at radius 2 is 0.588 bits per heavy atom. The summed E-state index contributed by atoms with van der Waals surface area (Å²) in [6.45, 7) is 4.36. The first-order valence-corrected chi connectivity index (χ1v) is 41.7. The van der Waals surface area contributed by atoms with Crippen molar-refractivity contribution in [3.63, 3.8) is 0 Å². The van der Waals surface area contributed by atoms with E-state index in [1.807, 2.05) is 36.5 Å². The Hall–Kier alpha value is -5.32. The van der Waals surface area contributed by atoms with Crippen molar-refractivity contribution >= 4 is 39.5 Å². The van der Waals surface area contributed by atoms with Gasteiger partial charge in [0.2, 0.25) is 0 Å². The molecule has 0 saturated carbocycles. The summed E-state index contributed by atoms with van der Waals surface area (Å²) in [5, 5.41) is 10.6. The van der Waals surface area contributed by atoms with Gasteiger partial charge in [-0.2, -0.15) is 0 Å². The maximum Gasteiger partial charge on any atom is 0.472 e. The molecular formula is C83H136O17P2. The summed E-state index contributed by atoms with van der Waals surface area (Å²) >= 11 is 0. The predicted molar refractivity (Wildman–Crippen MR) is 417 cm³/mol. The second-order valence-electron chi connectivity index (χ2n) is 25.2. The molecule has 0 aromatic heterocycles. The number of esters is 4. The number of phosphoric ester groups is 2. The summed E-state index contributed by atoms with van der Waals surface area (Å²) in [5.41, 5.74) is 0. The molecular weight excluding hydrogens is 1330 g/mol. The number of carbonyl (C=O) groups excluding carboxylic acids is 4. The van der Waals surface area contributed by atoms with E-state index in [9.17, 15) is 43.2 Å². The average Bonchev–Trinajstić information content (AvgIpc) is 0.908. The Morgan fingerprint density at radius 3 is 0.951 bits per heavy atom. The molecule has 0 aromatic carbocycles. The fourth-order valence-electron chi connectivity index (χ4n) is 9.71. The lowest BCUT2D eigenvalue weighted by atomic mass is 10.0. The normalized spacial score (nSPS) is 14.8. The third-order valence-corrected chi connectivity index (χ3v) is 17.4. The molecule has 0 bridgehead atoms. The van der Waals surface area contributed by atoms with E-state index in [1.165, 1.54) is 64.2 Å². The van der Waals surface area contributed by atoms with Crippen LogP contribution in [0.5, 0.6) is 0 Å². The van der Waals surface area contributed by atoms with E-state index in [4.69, 9.17) is 37.0 Å². The molecule has 0 amide bonds. The Bertz CT molecular complexity index is 2550. The van der Waals surface area contributed by atoms with Crippen LogP contribution in [0.25, 0.3) is 0 Å². The first-order chi connectivity index (χ1) is 49.7. The highest BCUT2D eigenvalue weighted by atomic mass is 31.2. The fraction of sp³-hybridized carbons (Fsp3) is 0.639. The molecule has 0 rings (SSSR count). The maximum atomic E-state index is 13.1. The molecule has 5 unspecified atom stereocenters. The number of ether oxygens (including phenoxy) is 4. The van der Waals surface area contributed by atoms with Crippen molar-refractivity contribution in [3.8, 4) is 0 Å². The number of aliphatic hydroxyl groups excluding tert-OH is 1. The van der Waals surface area contributed by atoms with Gasteiger partial charge >= 0.3 is 39.5 Å². The second-order valence-corrected chi connectivity index (χ2v) is 28.1. The Balaban J connectivity index is 5.48. The van der Waals surface area contributed by atoms with Crippen LogP contribution in [0.4, 0.5) is 0 Å². The van der Waals surface area contributed by atoms with Crippen LogP contribution in [0.1, 0.15) is 285 Å². The Kier molecular flexibility index (Phi) is 70.1. The van der Waals surface area contributed by atoms with Gasteiger partial charge in [0.1, 0.15) is 19.3 Å². The van der Waals surface area contributed by atoms with Crippen LogP contribution >= 0.6 is 15.6 Å². The molecule has 0 fully saturated rings. The maximum absolute atomic E-state index is 13.1. The van der Waals surface area contributed by atoms with Crippen LogP contribution in [-0.4, -0.2) is 96.7 Å². The van der Waals surface area contributed by atoms with Crippen molar-refractivity contribution in [2.45, 2.75) is 303 Å². The molecule has 580 valence electrons. The van der Waals surface area contributed by atoms with Crippen LogP contribution in [-0.2, 0) is 65.4 Å². The number of hydrogen-bond donors (Lipinski definition) is 3. The van der Waals surface area contributed by atoms with Crippen molar-refractivity contribution in [1.82, 2.24) is 0 Å².